The minimum atomic E-state index is 0.874. The number of aliphatic imine (C=N–C) groups is 1. The monoisotopic (exact) mass is 226 g/mol. The standard InChI is InChI=1S/C13H14N4/c1-9-16-11(8-17(9)2)6-10-7-15-13-12(10)4-3-5-14-13/h3-7H,8H2,1-2H3,(H,14,15)/b11-6-. The number of nitrogens with zero attached hydrogens (tertiary/aromatic N) is 3. The molecule has 1 N–H and O–H groups in total. The molecule has 2 aromatic rings. The average Bonchev–Trinajstić information content (AvgIpc) is 2.85. The number of hydrogen-bond acceptors (Lipinski definition) is 3. The molecular formula is C13H14N4. The molecule has 3 heterocycles. The van der Waals surface area contributed by atoms with Gasteiger partial charge in [0.2, 0.25) is 0 Å². The van der Waals surface area contributed by atoms with E-state index in [1.807, 2.05) is 19.2 Å². The molecule has 0 atom stereocenters. The summed E-state index contributed by atoms with van der Waals surface area (Å²) in [5, 5.41) is 1.14. The lowest BCUT2D eigenvalue weighted by atomic mass is 10.2. The van der Waals surface area contributed by atoms with Crippen LogP contribution in [0.25, 0.3) is 17.1 Å². The zero-order valence-electron chi connectivity index (χ0n) is 9.94. The first kappa shape index (κ1) is 10.1. The minimum absolute atomic E-state index is 0.874. The van der Waals surface area contributed by atoms with Gasteiger partial charge in [0.1, 0.15) is 11.5 Å². The fourth-order valence-electron chi connectivity index (χ4n) is 2.04. The molecule has 0 amide bonds. The van der Waals surface area contributed by atoms with E-state index >= 15 is 0 Å². The molecular weight excluding hydrogens is 212 g/mol. The third kappa shape index (κ3) is 1.71. The predicted octanol–water partition coefficient (Wildman–Crippen LogP) is 2.27. The van der Waals surface area contributed by atoms with E-state index in [1.54, 1.807) is 6.20 Å². The number of H-pyrrole nitrogens is 1. The van der Waals surface area contributed by atoms with Gasteiger partial charge in [-0.3, -0.25) is 0 Å². The second kappa shape index (κ2) is 3.73. The predicted molar refractivity (Wildman–Crippen MR) is 69.8 cm³/mol. The Morgan fingerprint density at radius 3 is 3.12 bits per heavy atom. The van der Waals surface area contributed by atoms with E-state index < -0.39 is 0 Å². The molecule has 0 bridgehead atoms. The molecule has 17 heavy (non-hydrogen) atoms. The molecule has 4 heteroatoms. The summed E-state index contributed by atoms with van der Waals surface area (Å²) in [4.78, 5) is 14.1. The number of pyridine rings is 1. The number of aromatic nitrogens is 2. The van der Waals surface area contributed by atoms with Gasteiger partial charge in [-0.25, -0.2) is 9.98 Å². The second-order valence-electron chi connectivity index (χ2n) is 4.29. The topological polar surface area (TPSA) is 44.3 Å². The summed E-state index contributed by atoms with van der Waals surface area (Å²) < 4.78 is 0. The number of likely N-dealkylation sites (N-methyl/N-ethyl adjacent to an activating group) is 1. The normalized spacial score (nSPS) is 18.1. The Morgan fingerprint density at radius 1 is 1.47 bits per heavy atom. The van der Waals surface area contributed by atoms with Crippen molar-refractivity contribution < 1.29 is 0 Å². The van der Waals surface area contributed by atoms with Gasteiger partial charge in [-0.2, -0.15) is 0 Å². The summed E-state index contributed by atoms with van der Waals surface area (Å²) in [6, 6.07) is 4.02. The van der Waals surface area contributed by atoms with Gasteiger partial charge >= 0.3 is 0 Å². The zero-order chi connectivity index (χ0) is 11.8. The summed E-state index contributed by atoms with van der Waals surface area (Å²) >= 11 is 0. The Bertz CT molecular complexity index is 621. The highest BCUT2D eigenvalue weighted by Crippen LogP contribution is 2.21. The number of nitrogens with one attached hydrogen (secondary N) is 1. The quantitative estimate of drug-likeness (QED) is 0.810. The van der Waals surface area contributed by atoms with Crippen LogP contribution in [0.1, 0.15) is 12.5 Å². The molecule has 0 radical (unpaired) electrons. The third-order valence-corrected chi connectivity index (χ3v) is 3.06. The van der Waals surface area contributed by atoms with Gasteiger partial charge in [-0.15, -0.1) is 0 Å². The first-order chi connectivity index (χ1) is 8.24. The van der Waals surface area contributed by atoms with Crippen molar-refractivity contribution in [1.29, 1.82) is 0 Å². The van der Waals surface area contributed by atoms with Crippen LogP contribution in [0.4, 0.5) is 0 Å². The highest BCUT2D eigenvalue weighted by Gasteiger charge is 2.13. The highest BCUT2D eigenvalue weighted by molar-refractivity contribution is 5.89. The van der Waals surface area contributed by atoms with Crippen LogP contribution < -0.4 is 0 Å². The van der Waals surface area contributed by atoms with Crippen LogP contribution in [0.3, 0.4) is 0 Å². The molecule has 2 aromatic heterocycles. The largest absolute Gasteiger partial charge is 0.357 e. The van der Waals surface area contributed by atoms with Gasteiger partial charge in [0.05, 0.1) is 12.2 Å². The lowest BCUT2D eigenvalue weighted by molar-refractivity contribution is 0.575. The highest BCUT2D eigenvalue weighted by atomic mass is 15.2. The summed E-state index contributed by atoms with van der Waals surface area (Å²) in [7, 11) is 2.05. The van der Waals surface area contributed by atoms with Crippen LogP contribution in [0, 0.1) is 0 Å². The second-order valence-corrected chi connectivity index (χ2v) is 4.29. The van der Waals surface area contributed by atoms with Gasteiger partial charge in [0.15, 0.2) is 0 Å². The number of rotatable bonds is 1. The van der Waals surface area contributed by atoms with Crippen molar-refractivity contribution in [2.24, 2.45) is 4.99 Å². The lowest BCUT2D eigenvalue weighted by Crippen LogP contribution is -2.18. The van der Waals surface area contributed by atoms with Crippen molar-refractivity contribution in [2.45, 2.75) is 6.92 Å². The van der Waals surface area contributed by atoms with E-state index in [1.165, 1.54) is 0 Å². The van der Waals surface area contributed by atoms with Crippen molar-refractivity contribution in [3.8, 4) is 0 Å². The first-order valence-electron chi connectivity index (χ1n) is 5.63. The SMILES string of the molecule is CC1=N/C(=C\c2c[nH]c3ncccc23)CN1C. The maximum absolute atomic E-state index is 4.52. The maximum Gasteiger partial charge on any atom is 0.137 e. The Balaban J connectivity index is 2.04. The molecule has 3 rings (SSSR count). The van der Waals surface area contributed by atoms with Crippen LogP contribution in [-0.2, 0) is 0 Å². The van der Waals surface area contributed by atoms with E-state index in [9.17, 15) is 0 Å². The van der Waals surface area contributed by atoms with Crippen LogP contribution in [0.5, 0.6) is 0 Å². The van der Waals surface area contributed by atoms with Gasteiger partial charge in [-0.05, 0) is 25.1 Å². The van der Waals surface area contributed by atoms with Gasteiger partial charge < -0.3 is 9.88 Å². The fourth-order valence-corrected chi connectivity index (χ4v) is 2.04. The van der Waals surface area contributed by atoms with Crippen LogP contribution in [-0.4, -0.2) is 34.3 Å². The molecule has 0 saturated heterocycles. The smallest absolute Gasteiger partial charge is 0.137 e. The number of aromatic amines is 1. The average molecular weight is 226 g/mol. The maximum atomic E-state index is 4.52. The zero-order valence-corrected chi connectivity index (χ0v) is 9.94. The van der Waals surface area contributed by atoms with Gasteiger partial charge in [-0.1, -0.05) is 0 Å². The van der Waals surface area contributed by atoms with Crippen molar-refractivity contribution in [2.75, 3.05) is 13.6 Å². The van der Waals surface area contributed by atoms with Crippen LogP contribution in [0.2, 0.25) is 0 Å². The molecule has 0 saturated carbocycles. The van der Waals surface area contributed by atoms with E-state index in [-0.39, 0.29) is 0 Å². The van der Waals surface area contributed by atoms with Crippen molar-refractivity contribution in [1.82, 2.24) is 14.9 Å². The Morgan fingerprint density at radius 2 is 2.35 bits per heavy atom. The molecule has 0 aliphatic carbocycles. The summed E-state index contributed by atoms with van der Waals surface area (Å²) in [5.41, 5.74) is 3.16. The summed E-state index contributed by atoms with van der Waals surface area (Å²) in [5.74, 6) is 1.06. The molecule has 0 unspecified atom stereocenters. The van der Waals surface area contributed by atoms with E-state index in [4.69, 9.17) is 0 Å². The molecule has 86 valence electrons. The van der Waals surface area contributed by atoms with Crippen LogP contribution in [0.15, 0.2) is 35.2 Å². The minimum Gasteiger partial charge on any atom is -0.357 e. The molecule has 0 aromatic carbocycles. The summed E-state index contributed by atoms with van der Waals surface area (Å²) in [6.45, 7) is 2.90. The van der Waals surface area contributed by atoms with Crippen molar-refractivity contribution in [3.05, 3.63) is 35.8 Å². The van der Waals surface area contributed by atoms with Crippen LogP contribution >= 0.6 is 0 Å². The Kier molecular flexibility index (Phi) is 2.21. The fraction of sp³-hybridized carbons (Fsp3) is 0.231. The molecule has 0 fully saturated rings. The Labute approximate surface area is 99.7 Å². The summed E-state index contributed by atoms with van der Waals surface area (Å²) in [6.07, 6.45) is 5.89. The third-order valence-electron chi connectivity index (χ3n) is 3.06. The van der Waals surface area contributed by atoms with E-state index in [0.29, 0.717) is 0 Å². The van der Waals surface area contributed by atoms with Crippen molar-refractivity contribution in [3.63, 3.8) is 0 Å². The van der Waals surface area contributed by atoms with Crippen molar-refractivity contribution >= 4 is 22.9 Å². The van der Waals surface area contributed by atoms with E-state index in [2.05, 4.69) is 39.1 Å². The van der Waals surface area contributed by atoms with Gasteiger partial charge in [0, 0.05) is 30.4 Å². The number of amidine groups is 1. The first-order valence-corrected chi connectivity index (χ1v) is 5.63. The molecule has 1 aliphatic heterocycles. The molecule has 4 nitrogen and oxygen atoms in total. The van der Waals surface area contributed by atoms with Gasteiger partial charge in [0.25, 0.3) is 0 Å². The number of fused-ring (bicyclic) bond motifs is 1. The number of hydrogen-bond donors (Lipinski definition) is 1. The molecule has 1 aliphatic rings. The van der Waals surface area contributed by atoms with E-state index in [0.717, 1.165) is 34.7 Å². The lowest BCUT2D eigenvalue weighted by Gasteiger charge is -2.07. The Hall–Kier alpha value is -2.10. The molecule has 0 spiro atoms.